The van der Waals surface area contributed by atoms with Crippen LogP contribution in [0.1, 0.15) is 19.8 Å². The zero-order chi connectivity index (χ0) is 11.0. The van der Waals surface area contributed by atoms with Gasteiger partial charge in [0.2, 0.25) is 0 Å². The Hall–Kier alpha value is 0.394. The molecule has 0 aromatic carbocycles. The summed E-state index contributed by atoms with van der Waals surface area (Å²) in [7, 11) is -2.06. The number of rotatable bonds is 3. The minimum absolute atomic E-state index is 0.943. The van der Waals surface area contributed by atoms with Crippen LogP contribution < -0.4 is 0 Å². The Labute approximate surface area is 92.0 Å². The molecule has 0 spiro atoms. The molecule has 0 amide bonds. The molecule has 3 heteroatoms. The number of hydrogen-bond donors (Lipinski definition) is 0. The van der Waals surface area contributed by atoms with Gasteiger partial charge >= 0.3 is 0 Å². The van der Waals surface area contributed by atoms with Crippen LogP contribution >= 0.6 is 0 Å². The van der Waals surface area contributed by atoms with Crippen LogP contribution in [0.4, 0.5) is 0 Å². The molecule has 1 nitrogen and oxygen atoms in total. The van der Waals surface area contributed by atoms with Gasteiger partial charge in [-0.25, -0.2) is 0 Å². The van der Waals surface area contributed by atoms with Crippen LogP contribution in [-0.4, -0.2) is 34.0 Å². The summed E-state index contributed by atoms with van der Waals surface area (Å²) in [5.74, 6) is 0. The average Bonchev–Trinajstić information content (AvgIpc) is 2.53. The summed E-state index contributed by atoms with van der Waals surface area (Å²) in [5, 5.41) is 1.01. The van der Waals surface area contributed by atoms with Gasteiger partial charge in [-0.15, -0.1) is 0 Å². The van der Waals surface area contributed by atoms with Crippen molar-refractivity contribution < 1.29 is 0 Å². The highest BCUT2D eigenvalue weighted by Crippen LogP contribution is 2.35. The molecule has 1 fully saturated rings. The predicted octanol–water partition coefficient (Wildman–Crippen LogP) is 3.55. The van der Waals surface area contributed by atoms with Crippen LogP contribution in [0, 0.1) is 0 Å². The fourth-order valence-corrected chi connectivity index (χ4v) is 13.7. The van der Waals surface area contributed by atoms with Crippen LogP contribution in [0.2, 0.25) is 37.9 Å². The first-order valence-corrected chi connectivity index (χ1v) is 12.6. The van der Waals surface area contributed by atoms with Crippen molar-refractivity contribution in [3.8, 4) is 0 Å². The van der Waals surface area contributed by atoms with Gasteiger partial charge in [-0.2, -0.15) is 0 Å². The van der Waals surface area contributed by atoms with Gasteiger partial charge in [0.1, 0.15) is 8.24 Å². The zero-order valence-corrected chi connectivity index (χ0v) is 12.9. The van der Waals surface area contributed by atoms with Crippen molar-refractivity contribution in [3.05, 3.63) is 0 Å². The van der Waals surface area contributed by atoms with E-state index in [9.17, 15) is 0 Å². The molecule has 0 bridgehead atoms. The molecular weight excluding hydrogens is 202 g/mol. The third-order valence-corrected chi connectivity index (χ3v) is 15.8. The average molecular weight is 230 g/mol. The van der Waals surface area contributed by atoms with Crippen molar-refractivity contribution in [2.75, 3.05) is 13.1 Å². The maximum Gasteiger partial charge on any atom is 0.122 e. The summed E-state index contributed by atoms with van der Waals surface area (Å²) < 4.78 is 2.84. The van der Waals surface area contributed by atoms with Crippen LogP contribution in [0.25, 0.3) is 0 Å². The highest BCUT2D eigenvalue weighted by atomic mass is 28.4. The zero-order valence-electron chi connectivity index (χ0n) is 10.9. The molecule has 1 saturated heterocycles. The summed E-state index contributed by atoms with van der Waals surface area (Å²) in [4.78, 5) is 0. The maximum atomic E-state index is 2.84. The van der Waals surface area contributed by atoms with Crippen molar-refractivity contribution in [2.45, 2.75) is 57.7 Å². The van der Waals surface area contributed by atoms with E-state index in [0.29, 0.717) is 0 Å². The third kappa shape index (κ3) is 2.50. The third-order valence-electron chi connectivity index (χ3n) is 4.28. The van der Waals surface area contributed by atoms with Crippen molar-refractivity contribution in [3.63, 3.8) is 0 Å². The summed E-state index contributed by atoms with van der Waals surface area (Å²) in [6, 6.07) is 0. The topological polar surface area (TPSA) is 3.24 Å². The molecule has 1 aliphatic heterocycles. The molecule has 14 heavy (non-hydrogen) atoms. The normalized spacial score (nSPS) is 22.7. The van der Waals surface area contributed by atoms with Crippen molar-refractivity contribution >= 4 is 16.3 Å². The lowest BCUT2D eigenvalue weighted by molar-refractivity contribution is 0.514. The van der Waals surface area contributed by atoms with Gasteiger partial charge in [0.15, 0.2) is 0 Å². The van der Waals surface area contributed by atoms with E-state index in [4.69, 9.17) is 0 Å². The first kappa shape index (κ1) is 12.5. The fourth-order valence-electron chi connectivity index (χ4n) is 2.63. The summed E-state index contributed by atoms with van der Waals surface area (Å²) in [5.41, 5.74) is 0. The SMILES string of the molecule is CC([Si](C)(C)C)[Si](C)(C)N1CCCC1. The minimum Gasteiger partial charge on any atom is -0.324 e. The van der Waals surface area contributed by atoms with E-state index >= 15 is 0 Å². The standard InChI is InChI=1S/C11H27NSi2/c1-11(13(2,3)4)14(5,6)12-9-7-8-10-12/h11H,7-10H2,1-6H3. The van der Waals surface area contributed by atoms with Gasteiger partial charge in [-0.1, -0.05) is 39.7 Å². The molecular formula is C11H27NSi2. The van der Waals surface area contributed by atoms with Gasteiger partial charge < -0.3 is 4.57 Å². The quantitative estimate of drug-likeness (QED) is 0.669. The monoisotopic (exact) mass is 229 g/mol. The maximum absolute atomic E-state index is 2.84. The molecule has 84 valence electrons. The van der Waals surface area contributed by atoms with E-state index in [1.807, 2.05) is 0 Å². The van der Waals surface area contributed by atoms with Crippen molar-refractivity contribution in [1.29, 1.82) is 0 Å². The summed E-state index contributed by atoms with van der Waals surface area (Å²) in [6.07, 6.45) is 2.88. The Balaban J connectivity index is 2.72. The molecule has 0 N–H and O–H groups in total. The van der Waals surface area contributed by atoms with E-state index in [1.165, 1.54) is 25.9 Å². The molecule has 0 saturated carbocycles. The molecule has 0 radical (unpaired) electrons. The van der Waals surface area contributed by atoms with Gasteiger partial charge in [0.25, 0.3) is 0 Å². The molecule has 0 aliphatic carbocycles. The van der Waals surface area contributed by atoms with Gasteiger partial charge in [-0.3, -0.25) is 0 Å². The second-order valence-corrected chi connectivity index (χ2v) is 17.4. The van der Waals surface area contributed by atoms with Gasteiger partial charge in [0.05, 0.1) is 0 Å². The Morgan fingerprint density at radius 1 is 0.929 bits per heavy atom. The number of nitrogens with zero attached hydrogens (tertiary/aromatic N) is 1. The van der Waals surface area contributed by atoms with E-state index in [1.54, 1.807) is 0 Å². The Bertz CT molecular complexity index is 190. The minimum atomic E-state index is -1.11. The lowest BCUT2D eigenvalue weighted by Gasteiger charge is -2.44. The van der Waals surface area contributed by atoms with Crippen LogP contribution in [0.15, 0.2) is 0 Å². The summed E-state index contributed by atoms with van der Waals surface area (Å²) >= 11 is 0. The largest absolute Gasteiger partial charge is 0.324 e. The van der Waals surface area contributed by atoms with E-state index < -0.39 is 16.3 Å². The molecule has 1 aliphatic rings. The van der Waals surface area contributed by atoms with Crippen LogP contribution in [0.3, 0.4) is 0 Å². The Morgan fingerprint density at radius 2 is 1.36 bits per heavy atom. The molecule has 1 unspecified atom stereocenters. The first-order valence-electron chi connectivity index (χ1n) is 6.01. The molecule has 1 atom stereocenters. The lowest BCUT2D eigenvalue weighted by atomic mass is 10.4. The fraction of sp³-hybridized carbons (Fsp3) is 1.00. The van der Waals surface area contributed by atoms with E-state index in [-0.39, 0.29) is 0 Å². The predicted molar refractivity (Wildman–Crippen MR) is 71.1 cm³/mol. The molecule has 0 aromatic heterocycles. The van der Waals surface area contributed by atoms with Crippen LogP contribution in [0.5, 0.6) is 0 Å². The highest BCUT2D eigenvalue weighted by Gasteiger charge is 2.42. The van der Waals surface area contributed by atoms with Crippen LogP contribution in [-0.2, 0) is 0 Å². The second kappa shape index (κ2) is 4.10. The Kier molecular flexibility index (Phi) is 3.65. The Morgan fingerprint density at radius 3 is 1.71 bits per heavy atom. The van der Waals surface area contributed by atoms with Crippen molar-refractivity contribution in [1.82, 2.24) is 4.57 Å². The molecule has 1 rings (SSSR count). The van der Waals surface area contributed by atoms with Gasteiger partial charge in [0, 0.05) is 8.07 Å². The lowest BCUT2D eigenvalue weighted by Crippen LogP contribution is -2.56. The van der Waals surface area contributed by atoms with E-state index in [2.05, 4.69) is 44.2 Å². The highest BCUT2D eigenvalue weighted by molar-refractivity contribution is 6.95. The smallest absolute Gasteiger partial charge is 0.122 e. The van der Waals surface area contributed by atoms with Gasteiger partial charge in [-0.05, 0) is 31.1 Å². The molecule has 1 heterocycles. The number of hydrogen-bond acceptors (Lipinski definition) is 1. The second-order valence-electron chi connectivity index (χ2n) is 6.44. The first-order chi connectivity index (χ1) is 6.26. The van der Waals surface area contributed by atoms with Crippen molar-refractivity contribution in [2.24, 2.45) is 0 Å². The summed E-state index contributed by atoms with van der Waals surface area (Å²) in [6.45, 7) is 18.1. The molecule has 0 aromatic rings. The van der Waals surface area contributed by atoms with E-state index in [0.717, 1.165) is 5.16 Å².